The highest BCUT2D eigenvalue weighted by Crippen LogP contribution is 2.15. The molecule has 0 fully saturated rings. The van der Waals surface area contributed by atoms with Gasteiger partial charge >= 0.3 is 0 Å². The lowest BCUT2D eigenvalue weighted by molar-refractivity contribution is -0.127. The fraction of sp³-hybridized carbons (Fsp3) is 0.357. The lowest BCUT2D eigenvalue weighted by Crippen LogP contribution is -2.28. The Balaban J connectivity index is 1.92. The van der Waals surface area contributed by atoms with Crippen LogP contribution in [-0.4, -0.2) is 38.5 Å². The number of nitrogens with two attached hydrogens (primary N) is 1. The Hall–Kier alpha value is -2.02. The number of carbonyl (C=O) groups excluding carboxylic acids is 1. The van der Waals surface area contributed by atoms with Gasteiger partial charge in [-0.3, -0.25) is 4.79 Å². The molecular formula is C14H19N5OS. The largest absolute Gasteiger partial charge is 0.341 e. The molecular weight excluding hydrogens is 286 g/mol. The van der Waals surface area contributed by atoms with E-state index in [0.29, 0.717) is 11.7 Å². The van der Waals surface area contributed by atoms with Crippen molar-refractivity contribution in [3.05, 3.63) is 41.2 Å². The van der Waals surface area contributed by atoms with E-state index in [0.717, 1.165) is 5.56 Å². The number of amides is 1. The molecule has 0 aliphatic heterocycles. The minimum absolute atomic E-state index is 0.0305. The van der Waals surface area contributed by atoms with Gasteiger partial charge in [-0.15, -0.1) is 10.2 Å². The summed E-state index contributed by atoms with van der Waals surface area (Å²) < 4.78 is 1.31. The molecule has 0 radical (unpaired) electrons. The van der Waals surface area contributed by atoms with E-state index >= 15 is 0 Å². The first-order valence-electron chi connectivity index (χ1n) is 6.55. The second kappa shape index (κ2) is 6.62. The van der Waals surface area contributed by atoms with Crippen LogP contribution in [0.1, 0.15) is 16.7 Å². The molecule has 0 unspecified atom stereocenters. The van der Waals surface area contributed by atoms with Crippen molar-refractivity contribution in [2.24, 2.45) is 0 Å². The number of benzene rings is 1. The molecule has 1 aromatic carbocycles. The number of hydrogen-bond donors (Lipinski definition) is 1. The first kappa shape index (κ1) is 15.4. The third-order valence-electron chi connectivity index (χ3n) is 3.20. The molecule has 112 valence electrons. The number of aromatic nitrogens is 3. The molecule has 6 nitrogen and oxygen atoms in total. The van der Waals surface area contributed by atoms with Crippen molar-refractivity contribution in [1.82, 2.24) is 19.8 Å². The van der Waals surface area contributed by atoms with E-state index in [-0.39, 0.29) is 11.7 Å². The predicted octanol–water partition coefficient (Wildman–Crippen LogP) is 1.36. The fourth-order valence-corrected chi connectivity index (χ4v) is 2.71. The number of hydrogen-bond acceptors (Lipinski definition) is 5. The summed E-state index contributed by atoms with van der Waals surface area (Å²) in [5, 5.41) is 8.04. The summed E-state index contributed by atoms with van der Waals surface area (Å²) >= 11 is 1.28. The predicted molar refractivity (Wildman–Crippen MR) is 83.3 cm³/mol. The average Bonchev–Trinajstić information content (AvgIpc) is 2.84. The van der Waals surface area contributed by atoms with Crippen LogP contribution in [0, 0.1) is 13.8 Å². The Morgan fingerprint density at radius 1 is 1.43 bits per heavy atom. The minimum atomic E-state index is 0.0305. The Labute approximate surface area is 128 Å². The number of carbonyl (C=O) groups is 1. The third-order valence-corrected chi connectivity index (χ3v) is 4.14. The maximum absolute atomic E-state index is 12.1. The molecule has 0 spiro atoms. The van der Waals surface area contributed by atoms with Crippen molar-refractivity contribution >= 4 is 17.7 Å². The topological polar surface area (TPSA) is 77.0 Å². The van der Waals surface area contributed by atoms with Crippen molar-refractivity contribution in [3.63, 3.8) is 0 Å². The molecule has 0 bridgehead atoms. The van der Waals surface area contributed by atoms with Crippen LogP contribution in [0.3, 0.4) is 0 Å². The number of thioether (sulfide) groups is 1. The highest BCUT2D eigenvalue weighted by Gasteiger charge is 2.13. The SMILES string of the molecule is Cc1ccc(CN(C)C(=O)CSc2nncn2N)c(C)c1. The van der Waals surface area contributed by atoms with E-state index in [1.54, 1.807) is 11.9 Å². The van der Waals surface area contributed by atoms with Crippen molar-refractivity contribution in [2.45, 2.75) is 25.5 Å². The molecule has 0 atom stereocenters. The number of nitrogens with zero attached hydrogens (tertiary/aromatic N) is 4. The molecule has 2 rings (SSSR count). The zero-order valence-corrected chi connectivity index (χ0v) is 13.2. The maximum Gasteiger partial charge on any atom is 0.233 e. The van der Waals surface area contributed by atoms with Crippen molar-refractivity contribution < 1.29 is 4.79 Å². The molecule has 0 aliphatic rings. The normalized spacial score (nSPS) is 10.6. The summed E-state index contributed by atoms with van der Waals surface area (Å²) in [6, 6.07) is 6.25. The highest BCUT2D eigenvalue weighted by molar-refractivity contribution is 7.99. The van der Waals surface area contributed by atoms with Gasteiger partial charge < -0.3 is 10.7 Å². The maximum atomic E-state index is 12.1. The molecule has 7 heteroatoms. The average molecular weight is 305 g/mol. The number of aryl methyl sites for hydroxylation is 2. The standard InChI is InChI=1S/C14H19N5OS/c1-10-4-5-12(11(2)6-10)7-18(3)13(20)8-21-14-17-16-9-19(14)15/h4-6,9H,7-8,15H2,1-3H3. The summed E-state index contributed by atoms with van der Waals surface area (Å²) in [4.78, 5) is 13.8. The van der Waals surface area contributed by atoms with Crippen LogP contribution >= 0.6 is 11.8 Å². The molecule has 0 saturated heterocycles. The van der Waals surface area contributed by atoms with Gasteiger partial charge in [-0.1, -0.05) is 35.5 Å². The second-order valence-corrected chi connectivity index (χ2v) is 5.93. The lowest BCUT2D eigenvalue weighted by atomic mass is 10.1. The van der Waals surface area contributed by atoms with Crippen molar-refractivity contribution in [2.75, 3.05) is 18.6 Å². The van der Waals surface area contributed by atoms with Crippen LogP contribution in [0.25, 0.3) is 0 Å². The van der Waals surface area contributed by atoms with Gasteiger partial charge in [0.2, 0.25) is 11.1 Å². The Bertz CT molecular complexity index is 640. The summed E-state index contributed by atoms with van der Waals surface area (Å²) in [7, 11) is 1.80. The monoisotopic (exact) mass is 305 g/mol. The van der Waals surface area contributed by atoms with Gasteiger partial charge in [0.1, 0.15) is 6.33 Å². The zero-order valence-electron chi connectivity index (χ0n) is 12.4. The summed E-state index contributed by atoms with van der Waals surface area (Å²) in [5.41, 5.74) is 3.58. The Kier molecular flexibility index (Phi) is 4.85. The van der Waals surface area contributed by atoms with Gasteiger partial charge in [-0.25, -0.2) is 4.68 Å². The van der Waals surface area contributed by atoms with Crippen molar-refractivity contribution in [3.8, 4) is 0 Å². The van der Waals surface area contributed by atoms with Gasteiger partial charge in [-0.2, -0.15) is 0 Å². The van der Waals surface area contributed by atoms with Gasteiger partial charge in [0.15, 0.2) is 0 Å². The number of nitrogen functional groups attached to an aromatic ring is 1. The molecule has 21 heavy (non-hydrogen) atoms. The van der Waals surface area contributed by atoms with Crippen LogP contribution in [0.2, 0.25) is 0 Å². The van der Waals surface area contributed by atoms with Crippen molar-refractivity contribution in [1.29, 1.82) is 0 Å². The molecule has 2 N–H and O–H groups in total. The molecule has 2 aromatic rings. The third kappa shape index (κ3) is 3.98. The van der Waals surface area contributed by atoms with E-state index in [2.05, 4.69) is 42.2 Å². The van der Waals surface area contributed by atoms with Crippen LogP contribution < -0.4 is 5.84 Å². The van der Waals surface area contributed by atoms with E-state index in [4.69, 9.17) is 5.84 Å². The Morgan fingerprint density at radius 3 is 2.81 bits per heavy atom. The minimum Gasteiger partial charge on any atom is -0.341 e. The molecule has 0 aliphatic carbocycles. The quantitative estimate of drug-likeness (QED) is 0.666. The Morgan fingerprint density at radius 2 is 2.19 bits per heavy atom. The van der Waals surface area contributed by atoms with Crippen LogP contribution in [0.15, 0.2) is 29.7 Å². The first-order chi connectivity index (χ1) is 9.97. The summed E-state index contributed by atoms with van der Waals surface area (Å²) in [6.07, 6.45) is 1.41. The van der Waals surface area contributed by atoms with E-state index in [9.17, 15) is 4.79 Å². The first-order valence-corrected chi connectivity index (χ1v) is 7.54. The molecule has 1 aromatic heterocycles. The van der Waals surface area contributed by atoms with Crippen LogP contribution in [0.5, 0.6) is 0 Å². The van der Waals surface area contributed by atoms with E-state index in [1.807, 2.05) is 0 Å². The zero-order chi connectivity index (χ0) is 15.4. The smallest absolute Gasteiger partial charge is 0.233 e. The van der Waals surface area contributed by atoms with Gasteiger partial charge in [0.25, 0.3) is 0 Å². The molecule has 1 amide bonds. The summed E-state index contributed by atoms with van der Waals surface area (Å²) in [5.74, 6) is 5.93. The fourth-order valence-electron chi connectivity index (χ4n) is 1.94. The lowest BCUT2D eigenvalue weighted by Gasteiger charge is -2.18. The van der Waals surface area contributed by atoms with Gasteiger partial charge in [0, 0.05) is 13.6 Å². The number of rotatable bonds is 5. The molecule has 1 heterocycles. The van der Waals surface area contributed by atoms with E-state index < -0.39 is 0 Å². The van der Waals surface area contributed by atoms with Gasteiger partial charge in [0.05, 0.1) is 5.75 Å². The van der Waals surface area contributed by atoms with E-state index in [1.165, 1.54) is 33.9 Å². The van der Waals surface area contributed by atoms with Gasteiger partial charge in [-0.05, 0) is 25.0 Å². The van der Waals surface area contributed by atoms with Crippen LogP contribution in [-0.2, 0) is 11.3 Å². The second-order valence-electron chi connectivity index (χ2n) is 4.99. The summed E-state index contributed by atoms with van der Waals surface area (Å²) in [6.45, 7) is 4.72. The molecule has 0 saturated carbocycles. The highest BCUT2D eigenvalue weighted by atomic mass is 32.2. The van der Waals surface area contributed by atoms with Crippen LogP contribution in [0.4, 0.5) is 0 Å².